The molecular weight excluding hydrogens is 461 g/mol. The van der Waals surface area contributed by atoms with Crippen molar-refractivity contribution >= 4 is 39.4 Å². The highest BCUT2D eigenvalue weighted by molar-refractivity contribution is 7.91. The van der Waals surface area contributed by atoms with Crippen LogP contribution in [0.3, 0.4) is 0 Å². The Kier molecular flexibility index (Phi) is 7.35. The number of esters is 1. The van der Waals surface area contributed by atoms with Gasteiger partial charge in [-0.05, 0) is 50.6 Å². The van der Waals surface area contributed by atoms with Crippen molar-refractivity contribution in [2.45, 2.75) is 26.3 Å². The highest BCUT2D eigenvalue weighted by Crippen LogP contribution is 2.25. The van der Waals surface area contributed by atoms with E-state index in [1.54, 1.807) is 13.8 Å². The van der Waals surface area contributed by atoms with Crippen LogP contribution < -0.4 is 0 Å². The average Bonchev–Trinajstić information content (AvgIpc) is 3.24. The molecule has 1 aromatic carbocycles. The summed E-state index contributed by atoms with van der Waals surface area (Å²) in [7, 11) is -3.13. The summed E-state index contributed by atoms with van der Waals surface area (Å²) < 4.78 is 42.9. The molecule has 1 aromatic heterocycles. The maximum Gasteiger partial charge on any atom is 0.331 e. The second kappa shape index (κ2) is 9.83. The van der Waals surface area contributed by atoms with Crippen LogP contribution in [0.5, 0.6) is 0 Å². The molecule has 1 unspecified atom stereocenters. The van der Waals surface area contributed by atoms with E-state index in [1.807, 2.05) is 0 Å². The van der Waals surface area contributed by atoms with Gasteiger partial charge in [-0.2, -0.15) is 5.10 Å². The molecule has 1 aliphatic heterocycles. The van der Waals surface area contributed by atoms with Gasteiger partial charge in [-0.15, -0.1) is 0 Å². The van der Waals surface area contributed by atoms with Crippen LogP contribution in [0.2, 0.25) is 5.15 Å². The molecule has 2 heterocycles. The number of carbonyl (C=O) groups excluding carboxylic acids is 2. The Labute approximate surface area is 190 Å². The molecular formula is C21H23ClFN3O5S. The van der Waals surface area contributed by atoms with Crippen LogP contribution in [-0.4, -0.2) is 65.7 Å². The number of halogens is 2. The third-order valence-corrected chi connectivity index (χ3v) is 7.27. The molecule has 0 radical (unpaired) electrons. The molecule has 3 rings (SSSR count). The maximum absolute atomic E-state index is 13.1. The van der Waals surface area contributed by atoms with Gasteiger partial charge >= 0.3 is 5.97 Å². The number of hydrogen-bond acceptors (Lipinski definition) is 6. The van der Waals surface area contributed by atoms with E-state index in [2.05, 4.69) is 5.10 Å². The Morgan fingerprint density at radius 1 is 1.34 bits per heavy atom. The molecule has 172 valence electrons. The number of amides is 1. The van der Waals surface area contributed by atoms with Gasteiger partial charge in [-0.3, -0.25) is 4.79 Å². The Hall–Kier alpha value is -2.72. The number of carbonyl (C=O) groups is 2. The quantitative estimate of drug-likeness (QED) is 0.443. The Morgan fingerprint density at radius 2 is 2.03 bits per heavy atom. The summed E-state index contributed by atoms with van der Waals surface area (Å²) in [6.07, 6.45) is 2.94. The summed E-state index contributed by atoms with van der Waals surface area (Å²) in [6, 6.07) is 5.22. The minimum Gasteiger partial charge on any atom is -0.452 e. The zero-order chi connectivity index (χ0) is 23.5. The first kappa shape index (κ1) is 23.9. The predicted molar refractivity (Wildman–Crippen MR) is 118 cm³/mol. The van der Waals surface area contributed by atoms with Crippen LogP contribution in [0.1, 0.15) is 24.6 Å². The molecule has 0 aliphatic carbocycles. The van der Waals surface area contributed by atoms with E-state index in [4.69, 9.17) is 16.3 Å². The predicted octanol–water partition coefficient (Wildman–Crippen LogP) is 2.57. The number of rotatable bonds is 7. The van der Waals surface area contributed by atoms with E-state index in [0.29, 0.717) is 29.9 Å². The Morgan fingerprint density at radius 3 is 2.62 bits per heavy atom. The Balaban J connectivity index is 1.62. The molecule has 1 saturated heterocycles. The van der Waals surface area contributed by atoms with E-state index >= 15 is 0 Å². The topological polar surface area (TPSA) is 98.6 Å². The number of benzene rings is 1. The van der Waals surface area contributed by atoms with Gasteiger partial charge in [0, 0.05) is 24.2 Å². The van der Waals surface area contributed by atoms with E-state index < -0.39 is 34.4 Å². The van der Waals surface area contributed by atoms with E-state index in [9.17, 15) is 22.4 Å². The number of nitrogens with zero attached hydrogens (tertiary/aromatic N) is 3. The lowest BCUT2D eigenvalue weighted by molar-refractivity contribution is -0.149. The van der Waals surface area contributed by atoms with Gasteiger partial charge in [0.1, 0.15) is 11.0 Å². The lowest BCUT2D eigenvalue weighted by Crippen LogP contribution is -2.43. The first-order valence-corrected chi connectivity index (χ1v) is 12.2. The van der Waals surface area contributed by atoms with Crippen molar-refractivity contribution in [3.05, 3.63) is 52.6 Å². The summed E-state index contributed by atoms with van der Waals surface area (Å²) >= 11 is 6.36. The summed E-state index contributed by atoms with van der Waals surface area (Å²) in [5.74, 6) is -1.61. The normalized spacial score (nSPS) is 17.6. The summed E-state index contributed by atoms with van der Waals surface area (Å²) in [5.41, 5.74) is 1.57. The summed E-state index contributed by atoms with van der Waals surface area (Å²) in [4.78, 5) is 25.9. The minimum absolute atomic E-state index is 0.0513. The third-order valence-electron chi connectivity index (χ3n) is 5.15. The highest BCUT2D eigenvalue weighted by atomic mass is 35.5. The number of ether oxygens (including phenoxy) is 1. The second-order valence-electron chi connectivity index (χ2n) is 7.36. The van der Waals surface area contributed by atoms with Crippen LogP contribution >= 0.6 is 11.6 Å². The van der Waals surface area contributed by atoms with Crippen molar-refractivity contribution < 1.29 is 27.1 Å². The van der Waals surface area contributed by atoms with Gasteiger partial charge in [0.05, 0.1) is 22.9 Å². The fourth-order valence-corrected chi connectivity index (χ4v) is 5.59. The van der Waals surface area contributed by atoms with E-state index in [1.165, 1.54) is 39.9 Å². The molecule has 1 amide bonds. The molecule has 1 aliphatic rings. The van der Waals surface area contributed by atoms with Gasteiger partial charge in [-0.25, -0.2) is 22.3 Å². The van der Waals surface area contributed by atoms with Crippen molar-refractivity contribution in [3.8, 4) is 5.69 Å². The van der Waals surface area contributed by atoms with Crippen LogP contribution in [0.25, 0.3) is 11.8 Å². The first-order chi connectivity index (χ1) is 15.1. The molecule has 0 spiro atoms. The van der Waals surface area contributed by atoms with Crippen molar-refractivity contribution in [1.29, 1.82) is 0 Å². The SMILES string of the molecule is CCN(C(=O)COC(=O)/C=C/c1c(C)nn(-c2ccc(F)cc2)c1Cl)C1CCS(=O)(=O)C1. The molecule has 0 bridgehead atoms. The zero-order valence-electron chi connectivity index (χ0n) is 17.6. The minimum atomic E-state index is -3.13. The van der Waals surface area contributed by atoms with Gasteiger partial charge in [0.2, 0.25) is 0 Å². The Bertz CT molecular complexity index is 1140. The van der Waals surface area contributed by atoms with Crippen molar-refractivity contribution in [2.75, 3.05) is 24.7 Å². The number of sulfone groups is 1. The van der Waals surface area contributed by atoms with E-state index in [-0.39, 0.29) is 22.5 Å². The first-order valence-electron chi connectivity index (χ1n) is 9.97. The number of aromatic nitrogens is 2. The maximum atomic E-state index is 13.1. The molecule has 0 N–H and O–H groups in total. The van der Waals surface area contributed by atoms with Crippen LogP contribution in [-0.2, 0) is 24.2 Å². The fraction of sp³-hybridized carbons (Fsp3) is 0.381. The van der Waals surface area contributed by atoms with Gasteiger partial charge in [-0.1, -0.05) is 11.6 Å². The van der Waals surface area contributed by atoms with Crippen molar-refractivity contribution in [3.63, 3.8) is 0 Å². The summed E-state index contributed by atoms with van der Waals surface area (Å²) in [5, 5.41) is 4.53. The lowest BCUT2D eigenvalue weighted by Gasteiger charge is -2.26. The molecule has 1 fully saturated rings. The van der Waals surface area contributed by atoms with Gasteiger partial charge < -0.3 is 9.64 Å². The van der Waals surface area contributed by atoms with Crippen LogP contribution in [0.15, 0.2) is 30.3 Å². The monoisotopic (exact) mass is 483 g/mol. The van der Waals surface area contributed by atoms with Gasteiger partial charge in [0.15, 0.2) is 16.4 Å². The second-order valence-corrected chi connectivity index (χ2v) is 9.94. The van der Waals surface area contributed by atoms with Gasteiger partial charge in [0.25, 0.3) is 5.91 Å². The molecule has 11 heteroatoms. The average molecular weight is 484 g/mol. The summed E-state index contributed by atoms with van der Waals surface area (Å²) in [6.45, 7) is 3.28. The molecule has 2 aromatic rings. The van der Waals surface area contributed by atoms with Crippen LogP contribution in [0, 0.1) is 12.7 Å². The fourth-order valence-electron chi connectivity index (χ4n) is 3.53. The number of hydrogen-bond donors (Lipinski definition) is 0. The van der Waals surface area contributed by atoms with Crippen molar-refractivity contribution in [1.82, 2.24) is 14.7 Å². The zero-order valence-corrected chi connectivity index (χ0v) is 19.2. The largest absolute Gasteiger partial charge is 0.452 e. The standard InChI is InChI=1S/C21H23ClFN3O5S/c1-3-25(17-10-11-32(29,30)13-17)19(27)12-31-20(28)9-8-18-14(2)24-26(21(18)22)16-6-4-15(23)5-7-16/h4-9,17H,3,10-13H2,1-2H3/b9-8+. The van der Waals surface area contributed by atoms with Crippen LogP contribution in [0.4, 0.5) is 4.39 Å². The number of aryl methyl sites for hydroxylation is 1. The highest BCUT2D eigenvalue weighted by Gasteiger charge is 2.34. The molecule has 32 heavy (non-hydrogen) atoms. The van der Waals surface area contributed by atoms with Crippen molar-refractivity contribution in [2.24, 2.45) is 0 Å². The molecule has 0 saturated carbocycles. The van der Waals surface area contributed by atoms with E-state index in [0.717, 1.165) is 6.08 Å². The lowest BCUT2D eigenvalue weighted by atomic mass is 10.2. The molecule has 1 atom stereocenters. The third kappa shape index (κ3) is 5.55. The molecule has 8 nitrogen and oxygen atoms in total. The number of likely N-dealkylation sites (N-methyl/N-ethyl adjacent to an activating group) is 1. The smallest absolute Gasteiger partial charge is 0.331 e.